The van der Waals surface area contributed by atoms with Crippen LogP contribution in [-0.4, -0.2) is 21.9 Å². The lowest BCUT2D eigenvalue weighted by Gasteiger charge is -2.10. The molecule has 0 spiro atoms. The second-order valence-corrected chi connectivity index (χ2v) is 4.45. The van der Waals surface area contributed by atoms with Gasteiger partial charge in [-0.05, 0) is 26.8 Å². The van der Waals surface area contributed by atoms with Crippen LogP contribution in [-0.2, 0) is 0 Å². The normalized spacial score (nSPS) is 10.7. The van der Waals surface area contributed by atoms with E-state index < -0.39 is 0 Å². The fraction of sp³-hybridized carbons (Fsp3) is 0.385. The maximum absolute atomic E-state index is 5.27. The second-order valence-electron chi connectivity index (χ2n) is 4.45. The summed E-state index contributed by atoms with van der Waals surface area (Å²) >= 11 is 0. The molecule has 0 unspecified atom stereocenters. The summed E-state index contributed by atoms with van der Waals surface area (Å²) in [5.41, 5.74) is 2.77. The van der Waals surface area contributed by atoms with E-state index >= 15 is 0 Å². The minimum absolute atomic E-state index is 0.349. The van der Waals surface area contributed by atoms with Crippen LogP contribution in [0.3, 0.4) is 0 Å². The van der Waals surface area contributed by atoms with Crippen molar-refractivity contribution in [3.05, 3.63) is 30.4 Å². The Labute approximate surface area is 107 Å². The summed E-state index contributed by atoms with van der Waals surface area (Å²) in [4.78, 5) is 4.20. The van der Waals surface area contributed by atoms with Crippen LogP contribution in [0.5, 0.6) is 5.75 Å². The van der Waals surface area contributed by atoms with E-state index in [1.165, 1.54) is 0 Å². The molecular formula is C13H18N4O. The van der Waals surface area contributed by atoms with E-state index in [2.05, 4.69) is 29.2 Å². The number of pyridine rings is 1. The van der Waals surface area contributed by atoms with Crippen molar-refractivity contribution in [3.8, 4) is 5.75 Å². The third kappa shape index (κ3) is 2.61. The van der Waals surface area contributed by atoms with Gasteiger partial charge in [0.15, 0.2) is 5.75 Å². The zero-order valence-corrected chi connectivity index (χ0v) is 11.1. The molecule has 0 aliphatic carbocycles. The number of aromatic nitrogens is 3. The average Bonchev–Trinajstić information content (AvgIpc) is 2.78. The van der Waals surface area contributed by atoms with Crippen molar-refractivity contribution in [2.24, 2.45) is 0 Å². The fourth-order valence-corrected chi connectivity index (χ4v) is 1.65. The van der Waals surface area contributed by atoms with Crippen LogP contribution in [0.2, 0.25) is 0 Å². The number of hydrogen-bond donors (Lipinski definition) is 1. The zero-order chi connectivity index (χ0) is 13.1. The van der Waals surface area contributed by atoms with Crippen molar-refractivity contribution in [2.45, 2.75) is 26.8 Å². The van der Waals surface area contributed by atoms with Crippen LogP contribution in [0.15, 0.2) is 24.7 Å². The Hall–Kier alpha value is -2.04. The number of rotatable bonds is 4. The minimum Gasteiger partial charge on any atom is -0.493 e. The lowest BCUT2D eigenvalue weighted by atomic mass is 10.3. The molecule has 96 valence electrons. The van der Waals surface area contributed by atoms with E-state index in [1.807, 2.05) is 23.9 Å². The van der Waals surface area contributed by atoms with Crippen LogP contribution in [0.25, 0.3) is 0 Å². The molecule has 0 amide bonds. The summed E-state index contributed by atoms with van der Waals surface area (Å²) in [7, 11) is 1.63. The fourth-order valence-electron chi connectivity index (χ4n) is 1.65. The van der Waals surface area contributed by atoms with Gasteiger partial charge in [0.1, 0.15) is 0 Å². The number of nitrogens with one attached hydrogen (secondary N) is 1. The van der Waals surface area contributed by atoms with Gasteiger partial charge in [0.25, 0.3) is 0 Å². The van der Waals surface area contributed by atoms with Crippen LogP contribution in [0.1, 0.15) is 25.6 Å². The van der Waals surface area contributed by atoms with Gasteiger partial charge in [-0.1, -0.05) is 0 Å². The van der Waals surface area contributed by atoms with Gasteiger partial charge in [0.05, 0.1) is 30.9 Å². The maximum Gasteiger partial charge on any atom is 0.160 e. The van der Waals surface area contributed by atoms with Crippen molar-refractivity contribution in [3.63, 3.8) is 0 Å². The molecule has 0 aromatic carbocycles. The molecule has 2 aromatic heterocycles. The van der Waals surface area contributed by atoms with Crippen molar-refractivity contribution in [1.82, 2.24) is 14.8 Å². The van der Waals surface area contributed by atoms with Gasteiger partial charge >= 0.3 is 0 Å². The number of ether oxygens (including phenoxy) is 1. The topological polar surface area (TPSA) is 52.0 Å². The molecule has 18 heavy (non-hydrogen) atoms. The van der Waals surface area contributed by atoms with Gasteiger partial charge in [-0.2, -0.15) is 5.10 Å². The SMILES string of the molecule is COc1cnc(C)cc1Nc1cnn(C(C)C)c1. The van der Waals surface area contributed by atoms with Crippen molar-refractivity contribution >= 4 is 11.4 Å². The highest BCUT2D eigenvalue weighted by atomic mass is 16.5. The predicted molar refractivity (Wildman–Crippen MR) is 71.4 cm³/mol. The second kappa shape index (κ2) is 5.08. The lowest BCUT2D eigenvalue weighted by molar-refractivity contribution is 0.414. The van der Waals surface area contributed by atoms with E-state index in [0.29, 0.717) is 6.04 Å². The van der Waals surface area contributed by atoms with E-state index in [0.717, 1.165) is 22.8 Å². The number of hydrogen-bond acceptors (Lipinski definition) is 4. The zero-order valence-electron chi connectivity index (χ0n) is 11.1. The summed E-state index contributed by atoms with van der Waals surface area (Å²) in [6.07, 6.45) is 5.49. The first-order valence-electron chi connectivity index (χ1n) is 5.92. The largest absolute Gasteiger partial charge is 0.493 e. The molecule has 0 atom stereocenters. The van der Waals surface area contributed by atoms with Gasteiger partial charge < -0.3 is 10.1 Å². The number of methoxy groups -OCH3 is 1. The Bertz CT molecular complexity index is 534. The Balaban J connectivity index is 2.24. The molecule has 2 aromatic rings. The van der Waals surface area contributed by atoms with E-state index in [4.69, 9.17) is 4.74 Å². The molecule has 1 N–H and O–H groups in total. The first kappa shape index (κ1) is 12.4. The molecule has 5 heteroatoms. The maximum atomic E-state index is 5.27. The van der Waals surface area contributed by atoms with Crippen LogP contribution < -0.4 is 10.1 Å². The third-order valence-electron chi connectivity index (χ3n) is 2.63. The quantitative estimate of drug-likeness (QED) is 0.901. The average molecular weight is 246 g/mol. The van der Waals surface area contributed by atoms with Crippen molar-refractivity contribution in [1.29, 1.82) is 0 Å². The van der Waals surface area contributed by atoms with Gasteiger partial charge in [-0.3, -0.25) is 9.67 Å². The smallest absolute Gasteiger partial charge is 0.160 e. The molecule has 0 saturated carbocycles. The third-order valence-corrected chi connectivity index (χ3v) is 2.63. The molecule has 0 aliphatic rings. The number of nitrogens with zero attached hydrogens (tertiary/aromatic N) is 3. The van der Waals surface area contributed by atoms with Crippen LogP contribution in [0, 0.1) is 6.92 Å². The molecule has 2 heterocycles. The van der Waals surface area contributed by atoms with Crippen LogP contribution in [0.4, 0.5) is 11.4 Å². The molecule has 0 bridgehead atoms. The van der Waals surface area contributed by atoms with Crippen molar-refractivity contribution in [2.75, 3.05) is 12.4 Å². The van der Waals surface area contributed by atoms with Gasteiger partial charge in [-0.25, -0.2) is 0 Å². The first-order chi connectivity index (χ1) is 8.60. The highest BCUT2D eigenvalue weighted by Gasteiger charge is 2.07. The van der Waals surface area contributed by atoms with Gasteiger partial charge in [0.2, 0.25) is 0 Å². The van der Waals surface area contributed by atoms with Crippen molar-refractivity contribution < 1.29 is 4.74 Å². The monoisotopic (exact) mass is 246 g/mol. The van der Waals surface area contributed by atoms with E-state index in [1.54, 1.807) is 19.5 Å². The Morgan fingerprint density at radius 1 is 1.33 bits per heavy atom. The first-order valence-corrected chi connectivity index (χ1v) is 5.92. The number of aryl methyl sites for hydroxylation is 1. The summed E-state index contributed by atoms with van der Waals surface area (Å²) in [5, 5.41) is 7.58. The molecule has 0 aliphatic heterocycles. The van der Waals surface area contributed by atoms with Gasteiger partial charge in [-0.15, -0.1) is 0 Å². The molecular weight excluding hydrogens is 228 g/mol. The summed E-state index contributed by atoms with van der Waals surface area (Å²) < 4.78 is 7.18. The van der Waals surface area contributed by atoms with E-state index in [9.17, 15) is 0 Å². The van der Waals surface area contributed by atoms with Crippen LogP contribution >= 0.6 is 0 Å². The Kier molecular flexibility index (Phi) is 3.50. The minimum atomic E-state index is 0.349. The molecule has 2 rings (SSSR count). The van der Waals surface area contributed by atoms with Gasteiger partial charge in [0, 0.05) is 17.9 Å². The predicted octanol–water partition coefficient (Wildman–Crippen LogP) is 2.92. The summed E-state index contributed by atoms with van der Waals surface area (Å²) in [6.45, 7) is 6.13. The van der Waals surface area contributed by atoms with E-state index in [-0.39, 0.29) is 0 Å². The lowest BCUT2D eigenvalue weighted by Crippen LogP contribution is -2.00. The molecule has 0 saturated heterocycles. The molecule has 5 nitrogen and oxygen atoms in total. The standard InChI is InChI=1S/C13H18N4O/c1-9(2)17-8-11(6-15-17)16-12-5-10(3)14-7-13(12)18-4/h5-9H,1-4H3,(H,14,16). The molecule has 0 radical (unpaired) electrons. The Morgan fingerprint density at radius 2 is 2.11 bits per heavy atom. The number of anilines is 2. The Morgan fingerprint density at radius 3 is 2.72 bits per heavy atom. The highest BCUT2D eigenvalue weighted by Crippen LogP contribution is 2.27. The highest BCUT2D eigenvalue weighted by molar-refractivity contribution is 5.65. The summed E-state index contributed by atoms with van der Waals surface area (Å²) in [5.74, 6) is 0.720. The molecule has 0 fully saturated rings. The summed E-state index contributed by atoms with van der Waals surface area (Å²) in [6, 6.07) is 2.30.